The summed E-state index contributed by atoms with van der Waals surface area (Å²) in [6.45, 7) is 3.63. The normalized spacial score (nSPS) is 15.2. The average molecular weight is 1440 g/mol. The Balaban J connectivity index is 0.939. The van der Waals surface area contributed by atoms with E-state index in [9.17, 15) is 90.9 Å². The molecule has 5 rings (SSSR count). The van der Waals surface area contributed by atoms with Crippen molar-refractivity contribution in [2.45, 2.75) is 69.2 Å². The summed E-state index contributed by atoms with van der Waals surface area (Å²) >= 11 is 0. The van der Waals surface area contributed by atoms with Gasteiger partial charge in [-0.25, -0.2) is 18.3 Å². The highest BCUT2D eigenvalue weighted by molar-refractivity contribution is 8.19. The van der Waals surface area contributed by atoms with E-state index in [1.54, 1.807) is 61.8 Å². The zero-order chi connectivity index (χ0) is 72.7. The number of hydrogen-bond donors (Lipinski definition) is 15. The largest absolute Gasteiger partial charge is 0.494 e. The number of amides is 4. The zero-order valence-electron chi connectivity index (χ0n) is 55.3. The number of aryl methyl sites for hydroxylation is 3. The maximum Gasteiger partial charge on any atom is 0.323 e. The molecular weight excluding hydrogens is 1350 g/mol. The fraction of sp³-hybridized carbons (Fsp3) is 0.567. The molecule has 1 unspecified atom stereocenters. The lowest BCUT2D eigenvalue weighted by Gasteiger charge is -2.33. The first-order chi connectivity index (χ1) is 47.0. The van der Waals surface area contributed by atoms with E-state index in [0.717, 1.165) is 5.56 Å². The van der Waals surface area contributed by atoms with E-state index in [0.29, 0.717) is 49.8 Å². The molecule has 39 heteroatoms. The van der Waals surface area contributed by atoms with Gasteiger partial charge in [-0.3, -0.25) is 68.0 Å². The highest BCUT2D eigenvalue weighted by atomic mass is 32.3. The predicted octanol–water partition coefficient (Wildman–Crippen LogP) is -1.08. The third-order valence-corrected chi connectivity index (χ3v) is 17.8. The van der Waals surface area contributed by atoms with Crippen LogP contribution in [0.4, 0.5) is 5.95 Å². The van der Waals surface area contributed by atoms with Gasteiger partial charge in [0, 0.05) is 129 Å². The molecule has 99 heavy (non-hydrogen) atoms. The quantitative estimate of drug-likeness (QED) is 0.0142. The average Bonchev–Trinajstić information content (AvgIpc) is 0.897. The smallest absolute Gasteiger partial charge is 0.323 e. The summed E-state index contributed by atoms with van der Waals surface area (Å²) in [5, 5.41) is 61.6. The molecule has 3 atom stereocenters. The number of ether oxygens (including phenoxy) is 4. The Morgan fingerprint density at radius 2 is 1.21 bits per heavy atom. The van der Waals surface area contributed by atoms with Gasteiger partial charge in [-0.05, 0) is 74.1 Å². The number of rotatable bonds is 43. The van der Waals surface area contributed by atoms with Crippen molar-refractivity contribution in [3.05, 3.63) is 81.4 Å². The number of aromatic nitrogens is 3. The summed E-state index contributed by atoms with van der Waals surface area (Å²) in [5.74, 6) is -8.13. The van der Waals surface area contributed by atoms with Crippen LogP contribution in [0.25, 0.3) is 10.9 Å². The van der Waals surface area contributed by atoms with Crippen LogP contribution in [0.15, 0.2) is 58.6 Å². The van der Waals surface area contributed by atoms with E-state index < -0.39 is 118 Å². The van der Waals surface area contributed by atoms with Gasteiger partial charge in [0.2, 0.25) is 33.2 Å². The standard InChI is InChI=1S/C60H91N13O24S2/c1-40-29-43(30-41(2)56(40)99(91,92)68-46(59(85)86)33-65-57(83)45-34-69(3)47-31-42(8-9-44(47)55(45)82)32-66-60-63-12-13-64-60)96-24-4-7-49(74)61-10-5-22-93-25-27-95-28-26-94-23-6-11-62-58(84)54(48(97-87)39-98(88,89)90)67-50(75)35-70-14-16-71(36-51(76)77)18-20-73(38-53(80)81)21-19-72(17-15-70)37-52(78)79/h8-9,12-13,29-31,34,46,48,54,68,87-90H,4-7,10-11,14-28,32-33,35-39H2,1-3H3,(H,61,74)(H,62,84)(H,65,83)(H,67,75)(H,76,77)(H,78,79)(H,80,81)(H,85,86)(H2,63,64,66)/t46-,48?,54+/m0/s1. The number of hydrogen-bond acceptors (Lipinski definition) is 26. The third kappa shape index (κ3) is 29.8. The Bertz CT molecular complexity index is 3430. The maximum absolute atomic E-state index is 13.7. The second kappa shape index (κ2) is 41.5. The summed E-state index contributed by atoms with van der Waals surface area (Å²) < 4.78 is 82.8. The molecule has 0 saturated carbocycles. The van der Waals surface area contributed by atoms with Gasteiger partial charge in [0.25, 0.3) is 5.91 Å². The van der Waals surface area contributed by atoms with E-state index in [1.165, 1.54) is 32.2 Å². The highest BCUT2D eigenvalue weighted by Crippen LogP contribution is 2.34. The number of H-pyrrole nitrogens is 1. The molecule has 4 aromatic rings. The van der Waals surface area contributed by atoms with Crippen molar-refractivity contribution in [1.82, 2.24) is 60.1 Å². The Kier molecular flexibility index (Phi) is 34.3. The van der Waals surface area contributed by atoms with Crippen molar-refractivity contribution >= 4 is 85.3 Å². The zero-order valence-corrected chi connectivity index (χ0v) is 56.9. The van der Waals surface area contributed by atoms with Crippen molar-refractivity contribution in [3.63, 3.8) is 0 Å². The fourth-order valence-corrected chi connectivity index (χ4v) is 12.7. The molecular formula is C60H91N13O24S2. The number of aliphatic carboxylic acids is 4. The molecule has 1 aliphatic rings. The van der Waals surface area contributed by atoms with Crippen LogP contribution in [0.5, 0.6) is 5.75 Å². The topological polar surface area (TPSA) is 515 Å². The SMILES string of the molecule is Cc1cc(OCCCC(=O)NCCCOCCOCCOCCCNC(=O)[C@H](NC(=O)CN2CCN(CC(=O)O)CCN(CC(=O)O)CCN(CC(=O)O)CC2)C(CS(O)(O)O)OO)cc(C)c1S(=O)(=O)N[C@@H](CNC(=O)c1cn(C)c2cc(CNc3ncc[nH]3)ccc2c1=O)C(=O)O. The second-order valence-corrected chi connectivity index (χ2v) is 26.4. The molecule has 0 bridgehead atoms. The number of carboxylic acids is 4. The van der Waals surface area contributed by atoms with Gasteiger partial charge in [-0.1, -0.05) is 6.07 Å². The van der Waals surface area contributed by atoms with Gasteiger partial charge in [-0.2, -0.15) is 4.72 Å². The van der Waals surface area contributed by atoms with Gasteiger partial charge in [0.05, 0.1) is 86.2 Å². The number of benzene rings is 2. The lowest BCUT2D eigenvalue weighted by atomic mass is 10.1. The summed E-state index contributed by atoms with van der Waals surface area (Å²) in [4.78, 5) is 131. The third-order valence-electron chi connectivity index (χ3n) is 15.2. The molecule has 37 nitrogen and oxygen atoms in total. The molecule has 1 aliphatic heterocycles. The lowest BCUT2D eigenvalue weighted by molar-refractivity contribution is -0.277. The van der Waals surface area contributed by atoms with E-state index in [4.69, 9.17) is 18.9 Å². The monoisotopic (exact) mass is 1440 g/mol. The molecule has 4 amide bonds. The summed E-state index contributed by atoms with van der Waals surface area (Å²) in [5.41, 5.74) is 0.971. The molecule has 1 fully saturated rings. The van der Waals surface area contributed by atoms with Gasteiger partial charge in [0.1, 0.15) is 29.5 Å². The molecule has 2 aromatic heterocycles. The molecule has 2 aromatic carbocycles. The van der Waals surface area contributed by atoms with Crippen LogP contribution in [-0.2, 0) is 76.3 Å². The molecule has 0 radical (unpaired) electrons. The van der Waals surface area contributed by atoms with Crippen LogP contribution < -0.4 is 41.5 Å². The minimum absolute atomic E-state index is 0.0312. The number of aromatic amines is 1. The van der Waals surface area contributed by atoms with Crippen LogP contribution in [0.3, 0.4) is 0 Å². The molecule has 15 N–H and O–H groups in total. The Labute approximate surface area is 571 Å². The predicted molar refractivity (Wildman–Crippen MR) is 356 cm³/mol. The van der Waals surface area contributed by atoms with E-state index in [1.807, 2.05) is 0 Å². The minimum atomic E-state index is -4.49. The Morgan fingerprint density at radius 1 is 0.677 bits per heavy atom. The first-order valence-corrected chi connectivity index (χ1v) is 34.7. The number of carbonyl (C=O) groups excluding carboxylic acids is 4. The number of carbonyl (C=O) groups is 8. The van der Waals surface area contributed by atoms with E-state index in [2.05, 4.69) is 46.2 Å². The maximum atomic E-state index is 13.7. The number of anilines is 1. The number of nitrogens with zero attached hydrogens (tertiary/aromatic N) is 6. The van der Waals surface area contributed by atoms with Crippen LogP contribution in [0, 0.1) is 13.8 Å². The molecule has 552 valence electrons. The van der Waals surface area contributed by atoms with Crippen LogP contribution >= 0.6 is 10.9 Å². The highest BCUT2D eigenvalue weighted by Gasteiger charge is 2.36. The summed E-state index contributed by atoms with van der Waals surface area (Å²) in [6.07, 6.45) is 3.93. The van der Waals surface area contributed by atoms with Gasteiger partial charge < -0.3 is 89.2 Å². The van der Waals surface area contributed by atoms with Crippen molar-refractivity contribution in [2.24, 2.45) is 7.05 Å². The molecule has 0 spiro atoms. The van der Waals surface area contributed by atoms with Crippen LogP contribution in [0.2, 0.25) is 0 Å². The minimum Gasteiger partial charge on any atom is -0.494 e. The Morgan fingerprint density at radius 3 is 1.72 bits per heavy atom. The number of fused-ring (bicyclic) bond motifs is 1. The van der Waals surface area contributed by atoms with Crippen molar-refractivity contribution < 1.29 is 110 Å². The first kappa shape index (κ1) is 81.7. The number of nitrogens with one attached hydrogen (secondary N) is 7. The molecule has 3 heterocycles. The number of sulfonamides is 1. The number of carboxylic acid groups (broad SMARTS) is 4. The second-order valence-electron chi connectivity index (χ2n) is 23.1. The van der Waals surface area contributed by atoms with Crippen molar-refractivity contribution in [3.8, 4) is 5.75 Å². The van der Waals surface area contributed by atoms with Gasteiger partial charge in [0.15, 0.2) is 5.95 Å². The van der Waals surface area contributed by atoms with E-state index in [-0.39, 0.29) is 151 Å². The number of pyridine rings is 1. The number of imidazole rings is 1. The molecule has 1 saturated heterocycles. The summed E-state index contributed by atoms with van der Waals surface area (Å²) in [6, 6.07) is 4.40. The van der Waals surface area contributed by atoms with Gasteiger partial charge >= 0.3 is 23.9 Å². The molecule has 0 aliphatic carbocycles. The van der Waals surface area contributed by atoms with Crippen molar-refractivity contribution in [2.75, 3.05) is 155 Å². The van der Waals surface area contributed by atoms with Crippen LogP contribution in [-0.4, -0.2) is 298 Å². The lowest BCUT2D eigenvalue weighted by Crippen LogP contribution is -2.57. The van der Waals surface area contributed by atoms with Crippen LogP contribution in [0.1, 0.15) is 52.7 Å². The Hall–Kier alpha value is -8.00. The summed E-state index contributed by atoms with van der Waals surface area (Å²) in [7, 11) is -7.23. The van der Waals surface area contributed by atoms with Gasteiger partial charge in [-0.15, -0.1) is 0 Å². The van der Waals surface area contributed by atoms with Crippen molar-refractivity contribution in [1.29, 1.82) is 0 Å². The first-order valence-electron chi connectivity index (χ1n) is 31.6. The van der Waals surface area contributed by atoms with E-state index >= 15 is 0 Å². The fourth-order valence-electron chi connectivity index (χ4n) is 10.4.